The van der Waals surface area contributed by atoms with E-state index in [1.54, 1.807) is 24.3 Å². The summed E-state index contributed by atoms with van der Waals surface area (Å²) in [6.45, 7) is 2.31. The van der Waals surface area contributed by atoms with Gasteiger partial charge in [0.1, 0.15) is 5.82 Å². The van der Waals surface area contributed by atoms with Gasteiger partial charge in [-0.05, 0) is 30.7 Å². The highest BCUT2D eigenvalue weighted by Crippen LogP contribution is 2.28. The smallest absolute Gasteiger partial charge is 0.395 e. The van der Waals surface area contributed by atoms with Gasteiger partial charge in [0.25, 0.3) is 5.88 Å². The van der Waals surface area contributed by atoms with Crippen LogP contribution in [0.1, 0.15) is 18.3 Å². The molecule has 0 radical (unpaired) electrons. The normalized spacial score (nSPS) is 10.8. The van der Waals surface area contributed by atoms with E-state index in [0.29, 0.717) is 18.1 Å². The predicted octanol–water partition coefficient (Wildman–Crippen LogP) is 1.96. The number of ether oxygens (including phenoxy) is 2. The molecule has 0 spiro atoms. The van der Waals surface area contributed by atoms with Crippen LogP contribution in [-0.2, 0) is 0 Å². The Kier molecular flexibility index (Phi) is 5.15. The summed E-state index contributed by atoms with van der Waals surface area (Å²) in [5, 5.41) is 20.1. The summed E-state index contributed by atoms with van der Waals surface area (Å²) in [5.74, 6) is 0.175. The molecule has 2 aromatic rings. The Morgan fingerprint density at radius 3 is 2.71 bits per heavy atom. The molecule has 24 heavy (non-hydrogen) atoms. The number of aromatic hydroxyl groups is 1. The molecule has 0 aliphatic heterocycles. The summed E-state index contributed by atoms with van der Waals surface area (Å²) >= 11 is 0. The van der Waals surface area contributed by atoms with Crippen molar-refractivity contribution in [2.75, 3.05) is 13.7 Å². The lowest BCUT2D eigenvalue weighted by Crippen LogP contribution is -2.14. The summed E-state index contributed by atoms with van der Waals surface area (Å²) < 4.78 is 10.6. The van der Waals surface area contributed by atoms with Crippen LogP contribution in [0.3, 0.4) is 0 Å². The average molecular weight is 333 g/mol. The van der Waals surface area contributed by atoms with Gasteiger partial charge in [-0.25, -0.2) is 0 Å². The highest BCUT2D eigenvalue weighted by Gasteiger charge is 2.21. The molecular weight excluding hydrogens is 318 g/mol. The van der Waals surface area contributed by atoms with Gasteiger partial charge in [-0.15, -0.1) is 0 Å². The number of hydrogen-bond donors (Lipinski definition) is 2. The first kappa shape index (κ1) is 17.0. The van der Waals surface area contributed by atoms with Gasteiger partial charge in [-0.2, -0.15) is 4.98 Å². The highest BCUT2D eigenvalue weighted by atomic mass is 16.6. The van der Waals surface area contributed by atoms with Crippen LogP contribution in [0.15, 0.2) is 23.0 Å². The van der Waals surface area contributed by atoms with E-state index in [9.17, 15) is 20.0 Å². The fraction of sp³-hybridized carbons (Fsp3) is 0.200. The van der Waals surface area contributed by atoms with Gasteiger partial charge in [0.15, 0.2) is 11.5 Å². The Bertz CT molecular complexity index is 844. The van der Waals surface area contributed by atoms with Gasteiger partial charge in [0.05, 0.1) is 18.6 Å². The topological polar surface area (TPSA) is 128 Å². The second kappa shape index (κ2) is 7.27. The molecule has 1 aromatic heterocycles. The molecule has 1 heterocycles. The fourth-order valence-electron chi connectivity index (χ4n) is 1.96. The third-order valence-electron chi connectivity index (χ3n) is 3.00. The van der Waals surface area contributed by atoms with Crippen LogP contribution < -0.4 is 15.0 Å². The molecule has 0 unspecified atom stereocenters. The maximum Gasteiger partial charge on any atom is 0.395 e. The molecule has 0 amide bonds. The zero-order valence-electron chi connectivity index (χ0n) is 13.0. The maximum absolute atomic E-state index is 11.6. The maximum atomic E-state index is 11.6. The van der Waals surface area contributed by atoms with Crippen molar-refractivity contribution < 1.29 is 19.5 Å². The summed E-state index contributed by atoms with van der Waals surface area (Å²) in [5.41, 5.74) is -1.30. The van der Waals surface area contributed by atoms with Crippen LogP contribution in [0.2, 0.25) is 0 Å². The second-order valence-corrected chi connectivity index (χ2v) is 4.56. The Balaban J connectivity index is 2.33. The highest BCUT2D eigenvalue weighted by molar-refractivity contribution is 5.68. The van der Waals surface area contributed by atoms with E-state index in [1.807, 2.05) is 6.92 Å². The zero-order valence-corrected chi connectivity index (χ0v) is 13.0. The number of hydrogen-bond acceptors (Lipinski definition) is 7. The summed E-state index contributed by atoms with van der Waals surface area (Å²) in [4.78, 5) is 27.0. The van der Waals surface area contributed by atoms with E-state index in [2.05, 4.69) is 9.97 Å². The third-order valence-corrected chi connectivity index (χ3v) is 3.00. The molecule has 0 atom stereocenters. The first-order valence-corrected chi connectivity index (χ1v) is 6.92. The van der Waals surface area contributed by atoms with Gasteiger partial charge >= 0.3 is 11.2 Å². The summed E-state index contributed by atoms with van der Waals surface area (Å²) in [6.07, 6.45) is 3.01. The largest absolute Gasteiger partial charge is 0.493 e. The molecule has 9 nitrogen and oxygen atoms in total. The monoisotopic (exact) mass is 333 g/mol. The molecule has 0 saturated heterocycles. The number of rotatable bonds is 6. The van der Waals surface area contributed by atoms with Crippen LogP contribution in [0.25, 0.3) is 12.2 Å². The number of methoxy groups -OCH3 is 1. The van der Waals surface area contributed by atoms with Gasteiger partial charge in [-0.1, -0.05) is 12.1 Å². The van der Waals surface area contributed by atoms with Crippen molar-refractivity contribution in [2.45, 2.75) is 6.92 Å². The first-order valence-electron chi connectivity index (χ1n) is 6.92. The molecule has 1 aromatic carbocycles. The summed E-state index contributed by atoms with van der Waals surface area (Å²) in [6, 6.07) is 5.19. The van der Waals surface area contributed by atoms with Crippen molar-refractivity contribution in [3.05, 3.63) is 50.1 Å². The Labute approximate surface area is 136 Å². The van der Waals surface area contributed by atoms with Crippen molar-refractivity contribution in [1.29, 1.82) is 0 Å². The molecule has 0 saturated carbocycles. The van der Waals surface area contributed by atoms with Gasteiger partial charge < -0.3 is 19.6 Å². The Hall–Kier alpha value is -3.36. The van der Waals surface area contributed by atoms with Crippen LogP contribution in [0.4, 0.5) is 5.69 Å². The lowest BCUT2D eigenvalue weighted by molar-refractivity contribution is -0.387. The van der Waals surface area contributed by atoms with E-state index in [4.69, 9.17) is 9.47 Å². The first-order chi connectivity index (χ1) is 11.5. The van der Waals surface area contributed by atoms with Crippen LogP contribution in [0.5, 0.6) is 17.4 Å². The zero-order chi connectivity index (χ0) is 17.7. The molecule has 2 rings (SSSR count). The van der Waals surface area contributed by atoms with Crippen molar-refractivity contribution in [1.82, 2.24) is 9.97 Å². The number of nitrogens with one attached hydrogen (secondary N) is 1. The van der Waals surface area contributed by atoms with Gasteiger partial charge in [-0.3, -0.25) is 14.9 Å². The minimum absolute atomic E-state index is 0.0168. The number of benzene rings is 1. The minimum atomic E-state index is -1.03. The molecule has 0 aliphatic carbocycles. The van der Waals surface area contributed by atoms with Crippen molar-refractivity contribution in [3.8, 4) is 17.4 Å². The second-order valence-electron chi connectivity index (χ2n) is 4.56. The molecule has 2 N–H and O–H groups in total. The van der Waals surface area contributed by atoms with E-state index in [0.717, 1.165) is 5.56 Å². The minimum Gasteiger partial charge on any atom is -0.493 e. The van der Waals surface area contributed by atoms with Crippen LogP contribution >= 0.6 is 0 Å². The molecule has 126 valence electrons. The number of aromatic nitrogens is 2. The van der Waals surface area contributed by atoms with Crippen molar-refractivity contribution >= 4 is 17.8 Å². The molecule has 0 aliphatic rings. The Morgan fingerprint density at radius 2 is 2.12 bits per heavy atom. The summed E-state index contributed by atoms with van der Waals surface area (Å²) in [7, 11) is 1.53. The fourth-order valence-corrected chi connectivity index (χ4v) is 1.96. The molecule has 0 fully saturated rings. The van der Waals surface area contributed by atoms with E-state index < -0.39 is 22.0 Å². The average Bonchev–Trinajstić information content (AvgIpc) is 2.52. The van der Waals surface area contributed by atoms with Crippen molar-refractivity contribution in [2.24, 2.45) is 0 Å². The standard InChI is InChI=1S/C15H15N3O6/c1-3-24-11-8-9(4-6-10(11)23-2)5-7-12-16-14(19)13(18(21)22)15(20)17-12/h4-8H,3H2,1-2H3,(H2,16,17,19,20)/b7-5-. The van der Waals surface area contributed by atoms with E-state index in [1.165, 1.54) is 13.2 Å². The van der Waals surface area contributed by atoms with Gasteiger partial charge in [0.2, 0.25) is 0 Å². The van der Waals surface area contributed by atoms with E-state index in [-0.39, 0.29) is 5.82 Å². The quantitative estimate of drug-likeness (QED) is 0.611. The third kappa shape index (κ3) is 3.69. The van der Waals surface area contributed by atoms with Crippen LogP contribution in [0, 0.1) is 10.1 Å². The van der Waals surface area contributed by atoms with Crippen molar-refractivity contribution in [3.63, 3.8) is 0 Å². The number of nitrogens with zero attached hydrogens (tertiary/aromatic N) is 2. The molecule has 0 bridgehead atoms. The van der Waals surface area contributed by atoms with Crippen LogP contribution in [-0.4, -0.2) is 33.7 Å². The number of nitro groups is 1. The van der Waals surface area contributed by atoms with E-state index >= 15 is 0 Å². The van der Waals surface area contributed by atoms with Gasteiger partial charge in [0, 0.05) is 0 Å². The lowest BCUT2D eigenvalue weighted by atomic mass is 10.2. The SMILES string of the molecule is CCOc1cc(/C=C\c2nc(O)c([N+](=O)[O-])c(=O)[nH]2)ccc1OC. The number of aromatic amines is 1. The molecule has 9 heteroatoms. The molecular formula is C15H15N3O6. The lowest BCUT2D eigenvalue weighted by Gasteiger charge is -2.09. The predicted molar refractivity (Wildman–Crippen MR) is 86.3 cm³/mol. The Morgan fingerprint density at radius 1 is 1.38 bits per heavy atom. The number of H-pyrrole nitrogens is 1.